The monoisotopic (exact) mass is 268 g/mol. The van der Waals surface area contributed by atoms with E-state index in [0.29, 0.717) is 10.5 Å². The van der Waals surface area contributed by atoms with Gasteiger partial charge in [-0.1, -0.05) is 11.6 Å². The summed E-state index contributed by atoms with van der Waals surface area (Å²) in [6.45, 7) is 9.73. The minimum absolute atomic E-state index is 0.110. The van der Waals surface area contributed by atoms with Crippen molar-refractivity contribution >= 4 is 24.2 Å². The molecular weight excluding hydrogens is 250 g/mol. The number of phenols is 1. The molecule has 0 aliphatic carbocycles. The Bertz CT molecular complexity index is 446. The van der Waals surface area contributed by atoms with Crippen molar-refractivity contribution in [3.63, 3.8) is 0 Å². The Morgan fingerprint density at radius 1 is 1.11 bits per heavy atom. The average Bonchev–Trinajstić information content (AvgIpc) is 2.32. The number of hydrogen-bond acceptors (Lipinski definition) is 3. The van der Waals surface area contributed by atoms with Crippen LogP contribution in [0, 0.1) is 6.92 Å². The molecule has 1 aromatic carbocycles. The fourth-order valence-corrected chi connectivity index (χ4v) is 2.29. The molecule has 1 saturated heterocycles. The molecule has 0 bridgehead atoms. The van der Waals surface area contributed by atoms with Crippen LogP contribution in [0.4, 0.5) is 0 Å². The predicted octanol–water partition coefficient (Wildman–Crippen LogP) is 2.65. The average molecular weight is 269 g/mol. The maximum absolute atomic E-state index is 10.0. The maximum atomic E-state index is 10.0. The first kappa shape index (κ1) is 13.7. The summed E-state index contributed by atoms with van der Waals surface area (Å²) in [7, 11) is -0.636. The largest absolute Gasteiger partial charge is 0.508 e. The maximum Gasteiger partial charge on any atom is 0.500 e. The first-order chi connectivity index (χ1) is 8.14. The van der Waals surface area contributed by atoms with E-state index in [0.717, 1.165) is 5.56 Å². The van der Waals surface area contributed by atoms with Gasteiger partial charge in [0.05, 0.1) is 11.2 Å². The lowest BCUT2D eigenvalue weighted by Gasteiger charge is -2.32. The van der Waals surface area contributed by atoms with Gasteiger partial charge in [-0.3, -0.25) is 0 Å². The summed E-state index contributed by atoms with van der Waals surface area (Å²) in [5, 5.41) is 10.5. The zero-order valence-electron chi connectivity index (χ0n) is 11.4. The Labute approximate surface area is 113 Å². The third kappa shape index (κ3) is 2.13. The molecule has 0 saturated carbocycles. The van der Waals surface area contributed by atoms with E-state index in [2.05, 4.69) is 0 Å². The number of rotatable bonds is 1. The number of benzene rings is 1. The Morgan fingerprint density at radius 2 is 1.61 bits per heavy atom. The lowest BCUT2D eigenvalue weighted by atomic mass is 9.78. The van der Waals surface area contributed by atoms with Gasteiger partial charge < -0.3 is 14.4 Å². The number of phenolic OH excluding ortho intramolecular Hbond substituents is 1. The summed E-state index contributed by atoms with van der Waals surface area (Å²) < 4.78 is 11.8. The van der Waals surface area contributed by atoms with Crippen molar-refractivity contribution in [2.24, 2.45) is 0 Å². The summed E-state index contributed by atoms with van der Waals surface area (Å²) in [6, 6.07) is 3.45. The second-order valence-electron chi connectivity index (χ2n) is 5.77. The molecule has 0 atom stereocenters. The molecule has 0 amide bonds. The molecule has 0 radical (unpaired) electrons. The van der Waals surface area contributed by atoms with Gasteiger partial charge >= 0.3 is 7.12 Å². The molecule has 1 fully saturated rings. The second kappa shape index (κ2) is 4.15. The van der Waals surface area contributed by atoms with Crippen LogP contribution in [0.3, 0.4) is 0 Å². The smallest absolute Gasteiger partial charge is 0.500 e. The van der Waals surface area contributed by atoms with Crippen LogP contribution in [-0.2, 0) is 9.31 Å². The van der Waals surface area contributed by atoms with Gasteiger partial charge in [0, 0.05) is 10.5 Å². The van der Waals surface area contributed by atoms with Gasteiger partial charge in [0.1, 0.15) is 5.75 Å². The second-order valence-corrected chi connectivity index (χ2v) is 6.17. The highest BCUT2D eigenvalue weighted by molar-refractivity contribution is 6.66. The van der Waals surface area contributed by atoms with Gasteiger partial charge in [-0.15, -0.1) is 0 Å². The van der Waals surface area contributed by atoms with Gasteiger partial charge in [-0.25, -0.2) is 0 Å². The van der Waals surface area contributed by atoms with Crippen molar-refractivity contribution < 1.29 is 14.4 Å². The number of aromatic hydroxyl groups is 1. The molecule has 1 heterocycles. The SMILES string of the molecule is Cc1cc(O)c(B2OC(C)(C)C(C)(C)O2)c(Cl)c1. The van der Waals surface area contributed by atoms with E-state index in [1.807, 2.05) is 34.6 Å². The Morgan fingerprint density at radius 3 is 2.06 bits per heavy atom. The molecule has 18 heavy (non-hydrogen) atoms. The van der Waals surface area contributed by atoms with Crippen molar-refractivity contribution in [3.8, 4) is 5.75 Å². The zero-order chi connectivity index (χ0) is 13.7. The first-order valence-corrected chi connectivity index (χ1v) is 6.36. The van der Waals surface area contributed by atoms with Gasteiger partial charge in [0.25, 0.3) is 0 Å². The normalized spacial score (nSPS) is 21.3. The predicted molar refractivity (Wildman–Crippen MR) is 73.6 cm³/mol. The summed E-state index contributed by atoms with van der Waals surface area (Å²) in [5.41, 5.74) is 0.509. The fourth-order valence-electron chi connectivity index (χ4n) is 1.93. The summed E-state index contributed by atoms with van der Waals surface area (Å²) >= 11 is 6.18. The van der Waals surface area contributed by atoms with Gasteiger partial charge in [-0.05, 0) is 52.3 Å². The van der Waals surface area contributed by atoms with E-state index in [-0.39, 0.29) is 5.75 Å². The van der Waals surface area contributed by atoms with Crippen LogP contribution in [-0.4, -0.2) is 23.4 Å². The first-order valence-electron chi connectivity index (χ1n) is 5.99. The van der Waals surface area contributed by atoms with E-state index in [1.54, 1.807) is 12.1 Å². The lowest BCUT2D eigenvalue weighted by molar-refractivity contribution is 0.00578. The molecule has 5 heteroatoms. The summed E-state index contributed by atoms with van der Waals surface area (Å²) in [5.74, 6) is 0.110. The molecular formula is C13H18BClO3. The third-order valence-electron chi connectivity index (χ3n) is 3.74. The van der Waals surface area contributed by atoms with Crippen LogP contribution in [0.15, 0.2) is 12.1 Å². The zero-order valence-corrected chi connectivity index (χ0v) is 12.1. The van der Waals surface area contributed by atoms with Crippen molar-refractivity contribution in [2.75, 3.05) is 0 Å². The molecule has 0 aromatic heterocycles. The third-order valence-corrected chi connectivity index (χ3v) is 4.05. The van der Waals surface area contributed by atoms with E-state index < -0.39 is 18.3 Å². The highest BCUT2D eigenvalue weighted by atomic mass is 35.5. The van der Waals surface area contributed by atoms with Gasteiger partial charge in [0.2, 0.25) is 0 Å². The van der Waals surface area contributed by atoms with Crippen molar-refractivity contribution in [2.45, 2.75) is 45.8 Å². The van der Waals surface area contributed by atoms with Gasteiger partial charge in [0.15, 0.2) is 0 Å². The molecule has 3 nitrogen and oxygen atoms in total. The van der Waals surface area contributed by atoms with Crippen molar-refractivity contribution in [1.82, 2.24) is 0 Å². The number of aryl methyl sites for hydroxylation is 1. The molecule has 98 valence electrons. The van der Waals surface area contributed by atoms with Crippen LogP contribution >= 0.6 is 11.6 Å². The van der Waals surface area contributed by atoms with Gasteiger partial charge in [-0.2, -0.15) is 0 Å². The van der Waals surface area contributed by atoms with E-state index in [1.165, 1.54) is 0 Å². The molecule has 0 spiro atoms. The highest BCUT2D eigenvalue weighted by Crippen LogP contribution is 2.37. The highest BCUT2D eigenvalue weighted by Gasteiger charge is 2.53. The Balaban J connectivity index is 2.42. The lowest BCUT2D eigenvalue weighted by Crippen LogP contribution is -2.41. The number of halogens is 1. The molecule has 0 unspecified atom stereocenters. The summed E-state index contributed by atoms with van der Waals surface area (Å²) in [4.78, 5) is 0. The topological polar surface area (TPSA) is 38.7 Å². The molecule has 2 rings (SSSR count). The molecule has 1 aliphatic heterocycles. The minimum Gasteiger partial charge on any atom is -0.508 e. The minimum atomic E-state index is -0.636. The van der Waals surface area contributed by atoms with Crippen LogP contribution < -0.4 is 5.46 Å². The van der Waals surface area contributed by atoms with Crippen molar-refractivity contribution in [1.29, 1.82) is 0 Å². The van der Waals surface area contributed by atoms with Crippen LogP contribution in [0.5, 0.6) is 5.75 Å². The van der Waals surface area contributed by atoms with Crippen LogP contribution in [0.1, 0.15) is 33.3 Å². The quantitative estimate of drug-likeness (QED) is 0.796. The van der Waals surface area contributed by atoms with Crippen molar-refractivity contribution in [3.05, 3.63) is 22.7 Å². The molecule has 1 N–H and O–H groups in total. The number of hydrogen-bond donors (Lipinski definition) is 1. The van der Waals surface area contributed by atoms with E-state index >= 15 is 0 Å². The van der Waals surface area contributed by atoms with Crippen LogP contribution in [0.2, 0.25) is 5.02 Å². The molecule has 1 aromatic rings. The fraction of sp³-hybridized carbons (Fsp3) is 0.538. The Hall–Kier alpha value is -0.705. The van der Waals surface area contributed by atoms with E-state index in [4.69, 9.17) is 20.9 Å². The van der Waals surface area contributed by atoms with E-state index in [9.17, 15) is 5.11 Å². The summed E-state index contributed by atoms with van der Waals surface area (Å²) in [6.07, 6.45) is 0. The standard InChI is InChI=1S/C13H18BClO3/c1-8-6-9(15)11(10(16)7-8)14-17-12(2,3)13(4,5)18-14/h6-7,16H,1-5H3. The van der Waals surface area contributed by atoms with Crippen LogP contribution in [0.25, 0.3) is 0 Å². The molecule has 1 aliphatic rings. The Kier molecular flexibility index (Phi) is 3.17.